The average molecular weight is 505 g/mol. The molecule has 0 spiro atoms. The largest absolute Gasteiger partial charge is 0.454 e. The number of aromatic nitrogens is 3. The highest BCUT2D eigenvalue weighted by Gasteiger charge is 2.09. The maximum Gasteiger partial charge on any atom is 0.315 e. The van der Waals surface area contributed by atoms with Crippen LogP contribution in [0, 0.1) is 18.8 Å². The van der Waals surface area contributed by atoms with E-state index >= 15 is 0 Å². The third-order valence-electron chi connectivity index (χ3n) is 4.89. The van der Waals surface area contributed by atoms with E-state index in [9.17, 15) is 9.18 Å². The molecule has 36 heavy (non-hydrogen) atoms. The Morgan fingerprint density at radius 2 is 1.97 bits per heavy atom. The number of pyridine rings is 1. The van der Waals surface area contributed by atoms with Gasteiger partial charge in [-0.2, -0.15) is 0 Å². The first-order chi connectivity index (χ1) is 17.5. The number of fused-ring (bicyclic) bond motifs is 1. The number of ether oxygens (including phenoxy) is 1. The fourth-order valence-corrected chi connectivity index (χ4v) is 3.39. The third-order valence-corrected chi connectivity index (χ3v) is 5.19. The molecule has 8 nitrogen and oxygen atoms in total. The lowest BCUT2D eigenvalue weighted by molar-refractivity contribution is 0.241. The van der Waals surface area contributed by atoms with Crippen LogP contribution in [0.5, 0.6) is 11.5 Å². The van der Waals surface area contributed by atoms with Crippen LogP contribution in [0.4, 0.5) is 20.7 Å². The van der Waals surface area contributed by atoms with Crippen molar-refractivity contribution in [2.75, 3.05) is 25.1 Å². The van der Waals surface area contributed by atoms with E-state index in [-0.39, 0.29) is 13.1 Å². The van der Waals surface area contributed by atoms with Crippen LogP contribution in [0.25, 0.3) is 10.9 Å². The van der Waals surface area contributed by atoms with E-state index in [0.717, 1.165) is 27.8 Å². The van der Waals surface area contributed by atoms with Crippen molar-refractivity contribution in [3.8, 4) is 23.3 Å². The molecule has 182 valence electrons. The number of amides is 2. The van der Waals surface area contributed by atoms with Crippen LogP contribution in [0.2, 0.25) is 5.02 Å². The summed E-state index contributed by atoms with van der Waals surface area (Å²) >= 11 is 6.45. The molecule has 0 saturated carbocycles. The van der Waals surface area contributed by atoms with E-state index in [4.69, 9.17) is 16.3 Å². The van der Waals surface area contributed by atoms with Gasteiger partial charge in [0.2, 0.25) is 0 Å². The lowest BCUT2D eigenvalue weighted by Gasteiger charge is -2.11. The summed E-state index contributed by atoms with van der Waals surface area (Å²) in [5.41, 5.74) is 3.07. The molecule has 0 unspecified atom stereocenters. The van der Waals surface area contributed by atoms with Crippen molar-refractivity contribution in [3.63, 3.8) is 0 Å². The first-order valence-corrected chi connectivity index (χ1v) is 11.4. The van der Waals surface area contributed by atoms with Crippen LogP contribution in [-0.2, 0) is 0 Å². The number of urea groups is 1. The van der Waals surface area contributed by atoms with Crippen LogP contribution in [-0.4, -0.2) is 40.7 Å². The normalized spacial score (nSPS) is 10.3. The standard InChI is InChI=1S/C26H22ClFN6O2/c1-17-4-7-20(15-31-17)36-24-9-6-19(14-22(24)27)34-25-21-13-18(5-8-23(21)32-16-33-25)3-2-11-29-26(35)30-12-10-28/h4-9,13-16H,10-12H2,1H3,(H2,29,30,35)(H,32,33,34). The van der Waals surface area contributed by atoms with Crippen LogP contribution in [0.3, 0.4) is 0 Å². The zero-order chi connectivity index (χ0) is 25.3. The zero-order valence-electron chi connectivity index (χ0n) is 19.3. The Labute approximate surface area is 212 Å². The van der Waals surface area contributed by atoms with Crippen molar-refractivity contribution >= 4 is 40.0 Å². The van der Waals surface area contributed by atoms with E-state index in [1.807, 2.05) is 43.3 Å². The van der Waals surface area contributed by atoms with Crippen molar-refractivity contribution in [1.29, 1.82) is 0 Å². The Balaban J connectivity index is 1.48. The highest BCUT2D eigenvalue weighted by Crippen LogP contribution is 2.33. The Morgan fingerprint density at radius 3 is 2.75 bits per heavy atom. The summed E-state index contributed by atoms with van der Waals surface area (Å²) in [6.07, 6.45) is 3.11. The minimum Gasteiger partial charge on any atom is -0.454 e. The van der Waals surface area contributed by atoms with E-state index in [1.54, 1.807) is 18.3 Å². The van der Waals surface area contributed by atoms with Crippen molar-refractivity contribution < 1.29 is 13.9 Å². The summed E-state index contributed by atoms with van der Waals surface area (Å²) < 4.78 is 17.9. The molecule has 0 aliphatic carbocycles. The molecule has 4 rings (SSSR count). The van der Waals surface area contributed by atoms with Gasteiger partial charge in [-0.15, -0.1) is 0 Å². The minimum atomic E-state index is -0.621. The summed E-state index contributed by atoms with van der Waals surface area (Å²) in [6.45, 7) is 1.37. The average Bonchev–Trinajstić information content (AvgIpc) is 2.88. The molecule has 0 bridgehead atoms. The lowest BCUT2D eigenvalue weighted by atomic mass is 10.1. The second kappa shape index (κ2) is 11.8. The predicted octanol–water partition coefficient (Wildman–Crippen LogP) is 5.14. The maximum absolute atomic E-state index is 12.1. The zero-order valence-corrected chi connectivity index (χ0v) is 20.1. The van der Waals surface area contributed by atoms with Gasteiger partial charge in [-0.1, -0.05) is 23.4 Å². The highest BCUT2D eigenvalue weighted by molar-refractivity contribution is 6.32. The number of aryl methyl sites for hydroxylation is 1. The van der Waals surface area contributed by atoms with Crippen molar-refractivity contribution in [3.05, 3.63) is 77.3 Å². The highest BCUT2D eigenvalue weighted by atomic mass is 35.5. The number of alkyl halides is 1. The summed E-state index contributed by atoms with van der Waals surface area (Å²) in [5, 5.41) is 9.37. The number of nitrogens with one attached hydrogen (secondary N) is 3. The number of carbonyl (C=O) groups is 1. The predicted molar refractivity (Wildman–Crippen MR) is 138 cm³/mol. The molecule has 0 saturated heterocycles. The second-order valence-corrected chi connectivity index (χ2v) is 7.97. The Hall–Kier alpha value is -4.42. The van der Waals surface area contributed by atoms with Gasteiger partial charge in [-0.25, -0.2) is 19.2 Å². The van der Waals surface area contributed by atoms with Crippen molar-refractivity contribution in [1.82, 2.24) is 25.6 Å². The Morgan fingerprint density at radius 1 is 1.08 bits per heavy atom. The van der Waals surface area contributed by atoms with Gasteiger partial charge in [-0.3, -0.25) is 4.98 Å². The molecule has 4 aromatic rings. The van der Waals surface area contributed by atoms with Crippen LogP contribution in [0.15, 0.2) is 61.1 Å². The smallest absolute Gasteiger partial charge is 0.315 e. The number of hydrogen-bond acceptors (Lipinski definition) is 6. The van der Waals surface area contributed by atoms with Crippen LogP contribution < -0.4 is 20.7 Å². The van der Waals surface area contributed by atoms with E-state index < -0.39 is 12.7 Å². The van der Waals surface area contributed by atoms with Crippen LogP contribution >= 0.6 is 11.6 Å². The molecule has 10 heteroatoms. The number of anilines is 2. The number of hydrogen-bond donors (Lipinski definition) is 3. The quantitative estimate of drug-likeness (QED) is 0.301. The molecule has 3 N–H and O–H groups in total. The maximum atomic E-state index is 12.1. The molecule has 0 aliphatic heterocycles. The first kappa shape index (κ1) is 24.7. The lowest BCUT2D eigenvalue weighted by Crippen LogP contribution is -2.36. The molecule has 0 fully saturated rings. The second-order valence-electron chi connectivity index (χ2n) is 7.56. The molecule has 0 aliphatic rings. The number of benzene rings is 2. The molecule has 0 atom stereocenters. The number of halogens is 2. The summed E-state index contributed by atoms with van der Waals surface area (Å²) in [7, 11) is 0. The minimum absolute atomic E-state index is 0.0368. The fraction of sp³-hybridized carbons (Fsp3) is 0.154. The molecule has 0 radical (unpaired) electrons. The first-order valence-electron chi connectivity index (χ1n) is 11.0. The fourth-order valence-electron chi connectivity index (χ4n) is 3.17. The van der Waals surface area contributed by atoms with E-state index in [0.29, 0.717) is 22.3 Å². The van der Waals surface area contributed by atoms with Crippen molar-refractivity contribution in [2.45, 2.75) is 6.92 Å². The number of carbonyl (C=O) groups excluding carboxylic acids is 1. The summed E-state index contributed by atoms with van der Waals surface area (Å²) in [4.78, 5) is 24.4. The molecule has 2 aromatic heterocycles. The monoisotopic (exact) mass is 504 g/mol. The van der Waals surface area contributed by atoms with Gasteiger partial charge < -0.3 is 20.7 Å². The van der Waals surface area contributed by atoms with E-state index in [1.165, 1.54) is 6.33 Å². The summed E-state index contributed by atoms with van der Waals surface area (Å²) in [6, 6.07) is 14.1. The molecule has 2 heterocycles. The van der Waals surface area contributed by atoms with Gasteiger partial charge in [0.1, 0.15) is 30.3 Å². The van der Waals surface area contributed by atoms with Crippen molar-refractivity contribution in [2.24, 2.45) is 0 Å². The van der Waals surface area contributed by atoms with Gasteiger partial charge in [0.15, 0.2) is 0 Å². The topological polar surface area (TPSA) is 101 Å². The number of nitrogens with zero attached hydrogens (tertiary/aromatic N) is 3. The molecular formula is C26H22ClFN6O2. The third kappa shape index (κ3) is 6.58. The van der Waals surface area contributed by atoms with Gasteiger partial charge in [0.25, 0.3) is 0 Å². The SMILES string of the molecule is Cc1ccc(Oc2ccc(Nc3ncnc4ccc(C#CCNC(=O)NCCF)cc34)cc2Cl)cn1. The Kier molecular flexibility index (Phi) is 8.11. The molecule has 2 amide bonds. The van der Waals surface area contributed by atoms with Gasteiger partial charge in [0, 0.05) is 28.9 Å². The number of rotatable bonds is 7. The molecule has 2 aromatic carbocycles. The Bertz CT molecular complexity index is 1440. The van der Waals surface area contributed by atoms with Gasteiger partial charge in [0.05, 0.1) is 23.3 Å². The summed E-state index contributed by atoms with van der Waals surface area (Å²) in [5.74, 6) is 7.54. The van der Waals surface area contributed by atoms with E-state index in [2.05, 4.69) is 42.7 Å². The van der Waals surface area contributed by atoms with Gasteiger partial charge >= 0.3 is 6.03 Å². The van der Waals surface area contributed by atoms with Crippen LogP contribution in [0.1, 0.15) is 11.3 Å². The van der Waals surface area contributed by atoms with Gasteiger partial charge in [-0.05, 0) is 55.5 Å². The molecular weight excluding hydrogens is 483 g/mol.